The zero-order valence-electron chi connectivity index (χ0n) is 11.8. The summed E-state index contributed by atoms with van der Waals surface area (Å²) in [5.74, 6) is 0.572. The molecule has 0 aromatic heterocycles. The third-order valence-corrected chi connectivity index (χ3v) is 3.18. The summed E-state index contributed by atoms with van der Waals surface area (Å²) in [7, 11) is 1.58. The molecule has 1 N–H and O–H groups in total. The number of methoxy groups -OCH3 is 1. The molecule has 1 aliphatic rings. The summed E-state index contributed by atoms with van der Waals surface area (Å²) < 4.78 is 16.1. The van der Waals surface area contributed by atoms with Gasteiger partial charge in [0.25, 0.3) is 0 Å². The van der Waals surface area contributed by atoms with E-state index in [0.717, 1.165) is 19.4 Å². The van der Waals surface area contributed by atoms with Crippen LogP contribution in [0.2, 0.25) is 0 Å². The van der Waals surface area contributed by atoms with Crippen molar-refractivity contribution in [3.05, 3.63) is 24.3 Å². The monoisotopic (exact) mass is 279 g/mol. The number of hydrogen-bond donors (Lipinski definition) is 1. The molecular weight excluding hydrogens is 258 g/mol. The molecule has 0 aliphatic carbocycles. The Morgan fingerprint density at radius 1 is 1.45 bits per heavy atom. The summed E-state index contributed by atoms with van der Waals surface area (Å²) in [5, 5.41) is 2.81. The van der Waals surface area contributed by atoms with Crippen molar-refractivity contribution in [2.45, 2.75) is 25.4 Å². The minimum atomic E-state index is -0.0816. The van der Waals surface area contributed by atoms with Crippen molar-refractivity contribution in [3.8, 4) is 5.75 Å². The van der Waals surface area contributed by atoms with E-state index >= 15 is 0 Å². The van der Waals surface area contributed by atoms with E-state index in [0.29, 0.717) is 31.1 Å². The first-order valence-electron chi connectivity index (χ1n) is 6.92. The zero-order valence-corrected chi connectivity index (χ0v) is 11.8. The van der Waals surface area contributed by atoms with Crippen molar-refractivity contribution in [2.24, 2.45) is 0 Å². The first-order chi connectivity index (χ1) is 9.79. The summed E-state index contributed by atoms with van der Waals surface area (Å²) >= 11 is 0. The van der Waals surface area contributed by atoms with Crippen molar-refractivity contribution in [3.63, 3.8) is 0 Å². The van der Waals surface area contributed by atoms with E-state index in [1.54, 1.807) is 7.11 Å². The second-order valence-corrected chi connectivity index (χ2v) is 4.71. The second kappa shape index (κ2) is 7.87. The fraction of sp³-hybridized carbons (Fsp3) is 0.533. The smallest absolute Gasteiger partial charge is 0.226 e. The summed E-state index contributed by atoms with van der Waals surface area (Å²) in [5.41, 5.74) is 0.680. The highest BCUT2D eigenvalue weighted by Gasteiger charge is 2.15. The Bertz CT molecular complexity index is 430. The maximum Gasteiger partial charge on any atom is 0.226 e. The summed E-state index contributed by atoms with van der Waals surface area (Å²) in [6, 6.07) is 7.33. The Hall–Kier alpha value is -1.59. The zero-order chi connectivity index (χ0) is 14.2. The van der Waals surface area contributed by atoms with E-state index < -0.39 is 0 Å². The Morgan fingerprint density at radius 2 is 2.30 bits per heavy atom. The van der Waals surface area contributed by atoms with Crippen LogP contribution in [0.4, 0.5) is 5.69 Å². The van der Waals surface area contributed by atoms with Crippen LogP contribution >= 0.6 is 0 Å². The van der Waals surface area contributed by atoms with Crippen LogP contribution in [0.3, 0.4) is 0 Å². The Kier molecular flexibility index (Phi) is 5.83. The number of carbonyl (C=O) groups is 1. The van der Waals surface area contributed by atoms with Gasteiger partial charge in [0, 0.05) is 6.61 Å². The van der Waals surface area contributed by atoms with Gasteiger partial charge in [-0.25, -0.2) is 0 Å². The molecule has 20 heavy (non-hydrogen) atoms. The van der Waals surface area contributed by atoms with E-state index in [1.165, 1.54) is 0 Å². The van der Waals surface area contributed by atoms with Crippen LogP contribution in [0, 0.1) is 0 Å². The van der Waals surface area contributed by atoms with Gasteiger partial charge in [-0.1, -0.05) is 12.1 Å². The maximum absolute atomic E-state index is 11.8. The molecule has 1 saturated heterocycles. The van der Waals surface area contributed by atoms with E-state index in [2.05, 4.69) is 5.32 Å². The lowest BCUT2D eigenvalue weighted by Crippen LogP contribution is -2.18. The van der Waals surface area contributed by atoms with Crippen molar-refractivity contribution < 1.29 is 19.0 Å². The third kappa shape index (κ3) is 4.51. The first-order valence-corrected chi connectivity index (χ1v) is 6.92. The molecule has 1 aromatic rings. The topological polar surface area (TPSA) is 56.8 Å². The van der Waals surface area contributed by atoms with Crippen LogP contribution in [0.5, 0.6) is 5.75 Å². The second-order valence-electron chi connectivity index (χ2n) is 4.71. The summed E-state index contributed by atoms with van der Waals surface area (Å²) in [4.78, 5) is 11.8. The van der Waals surface area contributed by atoms with E-state index in [4.69, 9.17) is 14.2 Å². The number of carbonyl (C=O) groups excluding carboxylic acids is 1. The van der Waals surface area contributed by atoms with Crippen LogP contribution in [0.15, 0.2) is 24.3 Å². The number of anilines is 1. The van der Waals surface area contributed by atoms with E-state index in [9.17, 15) is 4.79 Å². The molecule has 0 saturated carbocycles. The number of para-hydroxylation sites is 2. The van der Waals surface area contributed by atoms with Crippen LogP contribution in [-0.4, -0.2) is 38.9 Å². The lowest BCUT2D eigenvalue weighted by molar-refractivity contribution is -0.117. The van der Waals surface area contributed by atoms with Gasteiger partial charge >= 0.3 is 0 Å². The van der Waals surface area contributed by atoms with Gasteiger partial charge in [0.05, 0.1) is 38.5 Å². The number of amides is 1. The normalized spacial score (nSPS) is 17.9. The molecule has 1 aromatic carbocycles. The molecule has 0 bridgehead atoms. The van der Waals surface area contributed by atoms with Gasteiger partial charge in [-0.3, -0.25) is 4.79 Å². The minimum Gasteiger partial charge on any atom is -0.495 e. The van der Waals surface area contributed by atoms with Crippen LogP contribution in [0.1, 0.15) is 19.3 Å². The van der Waals surface area contributed by atoms with Crippen LogP contribution < -0.4 is 10.1 Å². The molecule has 1 fully saturated rings. The molecule has 0 unspecified atom stereocenters. The molecular formula is C15H21NO4. The molecule has 1 amide bonds. The lowest BCUT2D eigenvalue weighted by atomic mass is 10.2. The fourth-order valence-corrected chi connectivity index (χ4v) is 2.12. The molecule has 1 heterocycles. The average molecular weight is 279 g/mol. The molecule has 1 aliphatic heterocycles. The number of rotatable bonds is 7. The van der Waals surface area contributed by atoms with Crippen molar-refractivity contribution in [1.29, 1.82) is 0 Å². The van der Waals surface area contributed by atoms with Gasteiger partial charge in [-0.15, -0.1) is 0 Å². The van der Waals surface area contributed by atoms with Gasteiger partial charge < -0.3 is 19.5 Å². The molecule has 5 heteroatoms. The Morgan fingerprint density at radius 3 is 3.05 bits per heavy atom. The quantitative estimate of drug-likeness (QED) is 0.778. The highest BCUT2D eigenvalue weighted by molar-refractivity contribution is 5.92. The molecule has 0 radical (unpaired) electrons. The summed E-state index contributed by atoms with van der Waals surface area (Å²) in [6.45, 7) is 1.80. The van der Waals surface area contributed by atoms with Gasteiger partial charge in [0.2, 0.25) is 5.91 Å². The highest BCUT2D eigenvalue weighted by Crippen LogP contribution is 2.23. The van der Waals surface area contributed by atoms with Gasteiger partial charge in [0.1, 0.15) is 5.75 Å². The Labute approximate surface area is 119 Å². The molecule has 110 valence electrons. The number of ether oxygens (including phenoxy) is 3. The largest absolute Gasteiger partial charge is 0.495 e. The minimum absolute atomic E-state index is 0.0816. The van der Waals surface area contributed by atoms with E-state index in [-0.39, 0.29) is 12.0 Å². The highest BCUT2D eigenvalue weighted by atomic mass is 16.5. The number of nitrogens with one attached hydrogen (secondary N) is 1. The molecule has 2 rings (SSSR count). The van der Waals surface area contributed by atoms with E-state index in [1.807, 2.05) is 24.3 Å². The van der Waals surface area contributed by atoms with Gasteiger partial charge in [0.15, 0.2) is 0 Å². The SMILES string of the molecule is COc1ccccc1NC(=O)CCOC[C@H]1CCCO1. The predicted octanol–water partition coefficient (Wildman–Crippen LogP) is 2.22. The van der Waals surface area contributed by atoms with Gasteiger partial charge in [-0.2, -0.15) is 0 Å². The first kappa shape index (κ1) is 14.8. The predicted molar refractivity (Wildman–Crippen MR) is 76.0 cm³/mol. The maximum atomic E-state index is 11.8. The lowest BCUT2D eigenvalue weighted by Gasteiger charge is -2.11. The van der Waals surface area contributed by atoms with Crippen molar-refractivity contribution in [2.75, 3.05) is 32.2 Å². The average Bonchev–Trinajstić information content (AvgIpc) is 2.97. The molecule has 1 atom stereocenters. The van der Waals surface area contributed by atoms with Crippen LogP contribution in [-0.2, 0) is 14.3 Å². The molecule has 0 spiro atoms. The van der Waals surface area contributed by atoms with Crippen molar-refractivity contribution in [1.82, 2.24) is 0 Å². The Balaban J connectivity index is 1.67. The standard InChI is InChI=1S/C15H21NO4/c1-18-14-7-3-2-6-13(14)16-15(17)8-10-19-11-12-5-4-9-20-12/h2-3,6-7,12H,4-5,8-11H2,1H3,(H,16,17)/t12-/m1/s1. The van der Waals surface area contributed by atoms with Crippen molar-refractivity contribution >= 4 is 11.6 Å². The summed E-state index contributed by atoms with van der Waals surface area (Å²) in [6.07, 6.45) is 2.67. The third-order valence-electron chi connectivity index (χ3n) is 3.18. The molecule has 5 nitrogen and oxygen atoms in total. The fourth-order valence-electron chi connectivity index (χ4n) is 2.12. The number of benzene rings is 1. The van der Waals surface area contributed by atoms with Gasteiger partial charge in [-0.05, 0) is 25.0 Å². The van der Waals surface area contributed by atoms with Crippen LogP contribution in [0.25, 0.3) is 0 Å². The number of hydrogen-bond acceptors (Lipinski definition) is 4.